The third kappa shape index (κ3) is 1.61. The monoisotopic (exact) mass is 203 g/mol. The van der Waals surface area contributed by atoms with Crippen LogP contribution >= 0.6 is 0 Å². The van der Waals surface area contributed by atoms with E-state index in [-0.39, 0.29) is 11.3 Å². The maximum Gasteiger partial charge on any atom is 0.341 e. The van der Waals surface area contributed by atoms with Gasteiger partial charge in [0.05, 0.1) is 12.6 Å². The lowest BCUT2D eigenvalue weighted by Crippen LogP contribution is -2.01. The Morgan fingerprint density at radius 1 is 1.47 bits per heavy atom. The van der Waals surface area contributed by atoms with Crippen molar-refractivity contribution in [2.45, 2.75) is 0 Å². The van der Waals surface area contributed by atoms with E-state index in [0.717, 1.165) is 5.39 Å². The number of ether oxygens (including phenoxy) is 1. The molecule has 0 amide bonds. The molecule has 1 heterocycles. The standard InChI is InChI=1S/C11H9NO3/c1-15-11(14)8-5-7-3-2-4-12-9(7)6-10(8)13/h2-6,13H,1H3. The second-order valence-corrected chi connectivity index (χ2v) is 3.06. The molecule has 2 aromatic rings. The fourth-order valence-electron chi connectivity index (χ4n) is 1.38. The first kappa shape index (κ1) is 9.45. The minimum atomic E-state index is -0.557. The summed E-state index contributed by atoms with van der Waals surface area (Å²) >= 11 is 0. The Morgan fingerprint density at radius 2 is 2.27 bits per heavy atom. The maximum absolute atomic E-state index is 11.3. The number of nitrogens with zero attached hydrogens (tertiary/aromatic N) is 1. The van der Waals surface area contributed by atoms with Crippen molar-refractivity contribution in [3.63, 3.8) is 0 Å². The van der Waals surface area contributed by atoms with Gasteiger partial charge >= 0.3 is 5.97 Å². The van der Waals surface area contributed by atoms with Crippen molar-refractivity contribution in [1.29, 1.82) is 0 Å². The van der Waals surface area contributed by atoms with E-state index in [2.05, 4.69) is 9.72 Å². The Balaban J connectivity index is 2.67. The predicted octanol–water partition coefficient (Wildman–Crippen LogP) is 1.73. The third-order valence-electron chi connectivity index (χ3n) is 2.13. The molecule has 2 rings (SSSR count). The molecule has 0 spiro atoms. The van der Waals surface area contributed by atoms with E-state index in [4.69, 9.17) is 0 Å². The van der Waals surface area contributed by atoms with E-state index >= 15 is 0 Å². The molecule has 0 unspecified atom stereocenters. The number of hydrogen-bond acceptors (Lipinski definition) is 4. The van der Waals surface area contributed by atoms with Crippen molar-refractivity contribution < 1.29 is 14.6 Å². The van der Waals surface area contributed by atoms with Crippen LogP contribution in [0.15, 0.2) is 30.5 Å². The van der Waals surface area contributed by atoms with Crippen molar-refractivity contribution in [2.24, 2.45) is 0 Å². The topological polar surface area (TPSA) is 59.4 Å². The first-order valence-electron chi connectivity index (χ1n) is 4.38. The highest BCUT2D eigenvalue weighted by molar-refractivity contribution is 5.97. The summed E-state index contributed by atoms with van der Waals surface area (Å²) in [6.07, 6.45) is 1.62. The minimum Gasteiger partial charge on any atom is -0.507 e. The van der Waals surface area contributed by atoms with Gasteiger partial charge in [0.2, 0.25) is 0 Å². The fourth-order valence-corrected chi connectivity index (χ4v) is 1.38. The van der Waals surface area contributed by atoms with Gasteiger partial charge in [-0.3, -0.25) is 4.98 Å². The Labute approximate surface area is 86.1 Å². The zero-order chi connectivity index (χ0) is 10.8. The molecule has 0 saturated carbocycles. The summed E-state index contributed by atoms with van der Waals surface area (Å²) in [5, 5.41) is 10.4. The minimum absolute atomic E-state index is 0.118. The van der Waals surface area contributed by atoms with E-state index in [1.807, 2.05) is 6.07 Å². The number of fused-ring (bicyclic) bond motifs is 1. The fraction of sp³-hybridized carbons (Fsp3) is 0.0909. The number of phenols is 1. The van der Waals surface area contributed by atoms with Crippen LogP contribution in [-0.4, -0.2) is 23.2 Å². The van der Waals surface area contributed by atoms with Gasteiger partial charge in [0.25, 0.3) is 0 Å². The molecule has 1 N–H and O–H groups in total. The highest BCUT2D eigenvalue weighted by Gasteiger charge is 2.12. The van der Waals surface area contributed by atoms with Gasteiger partial charge in [-0.05, 0) is 12.1 Å². The Bertz CT molecular complexity index is 522. The molecule has 1 aromatic heterocycles. The van der Waals surface area contributed by atoms with E-state index < -0.39 is 5.97 Å². The number of aromatic nitrogens is 1. The maximum atomic E-state index is 11.3. The van der Waals surface area contributed by atoms with E-state index in [1.54, 1.807) is 18.3 Å². The largest absolute Gasteiger partial charge is 0.507 e. The normalized spacial score (nSPS) is 10.2. The van der Waals surface area contributed by atoms with E-state index in [9.17, 15) is 9.90 Å². The summed E-state index contributed by atoms with van der Waals surface area (Å²) in [6.45, 7) is 0. The Kier molecular flexibility index (Phi) is 2.25. The number of pyridine rings is 1. The molecule has 0 radical (unpaired) electrons. The number of carbonyl (C=O) groups excluding carboxylic acids is 1. The predicted molar refractivity (Wildman–Crippen MR) is 54.7 cm³/mol. The molecular formula is C11H9NO3. The van der Waals surface area contributed by atoms with Crippen LogP contribution in [0.4, 0.5) is 0 Å². The summed E-state index contributed by atoms with van der Waals surface area (Å²) in [4.78, 5) is 15.3. The quantitative estimate of drug-likeness (QED) is 0.717. The molecule has 0 aliphatic carbocycles. The second-order valence-electron chi connectivity index (χ2n) is 3.06. The number of methoxy groups -OCH3 is 1. The lowest BCUT2D eigenvalue weighted by atomic mass is 10.1. The van der Waals surface area contributed by atoms with Gasteiger partial charge in [0, 0.05) is 17.6 Å². The average molecular weight is 203 g/mol. The number of rotatable bonds is 1. The van der Waals surface area contributed by atoms with E-state index in [0.29, 0.717) is 5.52 Å². The van der Waals surface area contributed by atoms with Crippen molar-refractivity contribution >= 4 is 16.9 Å². The molecule has 0 saturated heterocycles. The van der Waals surface area contributed by atoms with Gasteiger partial charge in [-0.15, -0.1) is 0 Å². The van der Waals surface area contributed by atoms with Gasteiger partial charge in [-0.2, -0.15) is 0 Å². The first-order valence-corrected chi connectivity index (χ1v) is 4.38. The molecule has 76 valence electrons. The van der Waals surface area contributed by atoms with Crippen LogP contribution < -0.4 is 0 Å². The highest BCUT2D eigenvalue weighted by atomic mass is 16.5. The molecule has 0 fully saturated rings. The Morgan fingerprint density at radius 3 is 3.00 bits per heavy atom. The molecule has 0 bridgehead atoms. The van der Waals surface area contributed by atoms with Gasteiger partial charge in [0.1, 0.15) is 11.3 Å². The van der Waals surface area contributed by atoms with Crippen molar-refractivity contribution in [3.8, 4) is 5.75 Å². The number of esters is 1. The molecule has 4 nitrogen and oxygen atoms in total. The molecule has 4 heteroatoms. The molecule has 0 atom stereocenters. The first-order chi connectivity index (χ1) is 7.22. The number of hydrogen-bond donors (Lipinski definition) is 1. The van der Waals surface area contributed by atoms with Gasteiger partial charge in [-0.1, -0.05) is 6.07 Å². The third-order valence-corrected chi connectivity index (χ3v) is 2.13. The lowest BCUT2D eigenvalue weighted by molar-refractivity contribution is 0.0597. The van der Waals surface area contributed by atoms with E-state index in [1.165, 1.54) is 13.2 Å². The number of benzene rings is 1. The second kappa shape index (κ2) is 3.57. The van der Waals surface area contributed by atoms with Crippen LogP contribution in [0.3, 0.4) is 0 Å². The SMILES string of the molecule is COC(=O)c1cc2cccnc2cc1O. The smallest absolute Gasteiger partial charge is 0.341 e. The van der Waals surface area contributed by atoms with Crippen molar-refractivity contribution in [1.82, 2.24) is 4.98 Å². The van der Waals surface area contributed by atoms with Crippen LogP contribution in [0.2, 0.25) is 0 Å². The molecule has 15 heavy (non-hydrogen) atoms. The van der Waals surface area contributed by atoms with Crippen LogP contribution in [0.5, 0.6) is 5.75 Å². The summed E-state index contributed by atoms with van der Waals surface area (Å²) in [6, 6.07) is 6.58. The Hall–Kier alpha value is -2.10. The van der Waals surface area contributed by atoms with Crippen LogP contribution in [0.25, 0.3) is 10.9 Å². The number of phenolic OH excluding ortho intramolecular Hbond substituents is 1. The van der Waals surface area contributed by atoms with Crippen molar-refractivity contribution in [2.75, 3.05) is 7.11 Å². The molecule has 0 aliphatic rings. The lowest BCUT2D eigenvalue weighted by Gasteiger charge is -2.04. The van der Waals surface area contributed by atoms with Gasteiger partial charge in [-0.25, -0.2) is 4.79 Å². The number of aromatic hydroxyl groups is 1. The highest BCUT2D eigenvalue weighted by Crippen LogP contribution is 2.23. The zero-order valence-corrected chi connectivity index (χ0v) is 8.10. The molecule has 1 aromatic carbocycles. The summed E-state index contributed by atoms with van der Waals surface area (Å²) in [5.74, 6) is -0.675. The van der Waals surface area contributed by atoms with Gasteiger partial charge in [0.15, 0.2) is 0 Å². The van der Waals surface area contributed by atoms with Crippen LogP contribution in [0, 0.1) is 0 Å². The summed E-state index contributed by atoms with van der Waals surface area (Å²) in [5.41, 5.74) is 0.792. The van der Waals surface area contributed by atoms with Gasteiger partial charge < -0.3 is 9.84 Å². The summed E-state index contributed by atoms with van der Waals surface area (Å²) in [7, 11) is 1.27. The average Bonchev–Trinajstić information content (AvgIpc) is 2.27. The number of carbonyl (C=O) groups is 1. The van der Waals surface area contributed by atoms with Crippen LogP contribution in [0.1, 0.15) is 10.4 Å². The molecule has 0 aliphatic heterocycles. The summed E-state index contributed by atoms with van der Waals surface area (Å²) < 4.78 is 4.55. The molecular weight excluding hydrogens is 194 g/mol. The zero-order valence-electron chi connectivity index (χ0n) is 8.10. The van der Waals surface area contributed by atoms with Crippen LogP contribution in [-0.2, 0) is 4.74 Å². The van der Waals surface area contributed by atoms with Crippen molar-refractivity contribution in [3.05, 3.63) is 36.0 Å².